The standard InChI is InChI=1S/C19H14FN5O4S/c1-10-17(19(26)27)30-18(22-10)11-6-7-14(13(8-11)25-9-21-23-24-25)29-16-12(20)4-3-5-15(16)28-2/h3-9H,1-2H3,(H,26,27). The molecule has 2 aromatic heterocycles. The second kappa shape index (κ2) is 7.87. The van der Waals surface area contributed by atoms with E-state index in [4.69, 9.17) is 9.47 Å². The van der Waals surface area contributed by atoms with Gasteiger partial charge < -0.3 is 14.6 Å². The molecule has 0 aliphatic heterocycles. The maximum Gasteiger partial charge on any atom is 0.347 e. The molecule has 4 aromatic rings. The van der Waals surface area contributed by atoms with Gasteiger partial charge >= 0.3 is 5.97 Å². The van der Waals surface area contributed by atoms with E-state index >= 15 is 0 Å². The van der Waals surface area contributed by atoms with E-state index in [9.17, 15) is 14.3 Å². The average molecular weight is 427 g/mol. The van der Waals surface area contributed by atoms with Gasteiger partial charge in [0, 0.05) is 5.56 Å². The average Bonchev–Trinajstić information content (AvgIpc) is 3.39. The molecule has 2 aromatic carbocycles. The molecule has 0 aliphatic rings. The number of ether oxygens (including phenoxy) is 2. The fourth-order valence-electron chi connectivity index (χ4n) is 2.76. The van der Waals surface area contributed by atoms with Crippen LogP contribution in [0.4, 0.5) is 4.39 Å². The van der Waals surface area contributed by atoms with Gasteiger partial charge in [-0.3, -0.25) is 0 Å². The molecule has 0 amide bonds. The number of hydrogen-bond acceptors (Lipinski definition) is 8. The van der Waals surface area contributed by atoms with E-state index in [0.717, 1.165) is 11.3 Å². The van der Waals surface area contributed by atoms with Crippen LogP contribution in [-0.4, -0.2) is 43.4 Å². The maximum absolute atomic E-state index is 14.3. The number of benzene rings is 2. The third kappa shape index (κ3) is 3.57. The van der Waals surface area contributed by atoms with Gasteiger partial charge in [-0.25, -0.2) is 14.2 Å². The third-order valence-corrected chi connectivity index (χ3v) is 5.35. The molecule has 0 unspecified atom stereocenters. The van der Waals surface area contributed by atoms with Crippen LogP contribution in [0.5, 0.6) is 17.2 Å². The molecular weight excluding hydrogens is 413 g/mol. The van der Waals surface area contributed by atoms with E-state index in [-0.39, 0.29) is 22.1 Å². The van der Waals surface area contributed by atoms with Crippen LogP contribution in [0.2, 0.25) is 0 Å². The summed E-state index contributed by atoms with van der Waals surface area (Å²) in [5.74, 6) is -1.23. The number of aryl methyl sites for hydroxylation is 1. The number of methoxy groups -OCH3 is 1. The highest BCUT2D eigenvalue weighted by Crippen LogP contribution is 2.38. The molecule has 152 valence electrons. The number of aromatic nitrogens is 5. The van der Waals surface area contributed by atoms with Crippen LogP contribution < -0.4 is 9.47 Å². The molecule has 0 aliphatic carbocycles. The Morgan fingerprint density at radius 3 is 2.73 bits per heavy atom. The van der Waals surface area contributed by atoms with Gasteiger partial charge in [0.25, 0.3) is 0 Å². The lowest BCUT2D eigenvalue weighted by atomic mass is 10.2. The number of carbonyl (C=O) groups is 1. The molecule has 0 saturated heterocycles. The van der Waals surface area contributed by atoms with Crippen molar-refractivity contribution in [2.24, 2.45) is 0 Å². The van der Waals surface area contributed by atoms with Gasteiger partial charge in [0.05, 0.1) is 12.8 Å². The lowest BCUT2D eigenvalue weighted by molar-refractivity contribution is 0.0701. The van der Waals surface area contributed by atoms with Gasteiger partial charge in [0.1, 0.15) is 21.9 Å². The monoisotopic (exact) mass is 427 g/mol. The van der Waals surface area contributed by atoms with Gasteiger partial charge in [0.2, 0.25) is 5.75 Å². The predicted molar refractivity (Wildman–Crippen MR) is 105 cm³/mol. The Morgan fingerprint density at radius 1 is 1.23 bits per heavy atom. The quantitative estimate of drug-likeness (QED) is 0.495. The first-order valence-electron chi connectivity index (χ1n) is 8.56. The maximum atomic E-state index is 14.3. The summed E-state index contributed by atoms with van der Waals surface area (Å²) in [6, 6.07) is 9.33. The molecule has 0 fully saturated rings. The minimum Gasteiger partial charge on any atom is -0.493 e. The van der Waals surface area contributed by atoms with Crippen molar-refractivity contribution >= 4 is 17.3 Å². The fraction of sp³-hybridized carbons (Fsp3) is 0.105. The number of para-hydroxylation sites is 1. The second-order valence-corrected chi connectivity index (χ2v) is 7.05. The van der Waals surface area contributed by atoms with E-state index in [1.165, 1.54) is 30.3 Å². The summed E-state index contributed by atoms with van der Waals surface area (Å²) in [7, 11) is 1.41. The number of aromatic carboxylic acids is 1. The number of thiazole rings is 1. The minimum absolute atomic E-state index is 0.0830. The summed E-state index contributed by atoms with van der Waals surface area (Å²) in [5.41, 5.74) is 1.46. The lowest BCUT2D eigenvalue weighted by Crippen LogP contribution is -2.01. The molecule has 0 radical (unpaired) electrons. The van der Waals surface area contributed by atoms with Gasteiger partial charge in [-0.05, 0) is 47.7 Å². The fourth-order valence-corrected chi connectivity index (χ4v) is 3.67. The van der Waals surface area contributed by atoms with Gasteiger partial charge in [0.15, 0.2) is 17.3 Å². The van der Waals surface area contributed by atoms with Crippen molar-refractivity contribution in [1.29, 1.82) is 0 Å². The molecule has 11 heteroatoms. The SMILES string of the molecule is COc1cccc(F)c1Oc1ccc(-c2nc(C)c(C(=O)O)s2)cc1-n1cnnn1. The van der Waals surface area contributed by atoms with Crippen LogP contribution in [0.3, 0.4) is 0 Å². The summed E-state index contributed by atoms with van der Waals surface area (Å²) in [4.78, 5) is 15.8. The zero-order chi connectivity index (χ0) is 21.3. The van der Waals surface area contributed by atoms with Crippen LogP contribution in [-0.2, 0) is 0 Å². The van der Waals surface area contributed by atoms with Crippen molar-refractivity contribution in [3.05, 3.63) is 59.1 Å². The van der Waals surface area contributed by atoms with Crippen molar-refractivity contribution in [3.8, 4) is 33.5 Å². The van der Waals surface area contributed by atoms with Crippen molar-refractivity contribution in [3.63, 3.8) is 0 Å². The van der Waals surface area contributed by atoms with E-state index in [0.29, 0.717) is 22.0 Å². The summed E-state index contributed by atoms with van der Waals surface area (Å²) >= 11 is 1.05. The first-order valence-corrected chi connectivity index (χ1v) is 9.38. The minimum atomic E-state index is -1.04. The largest absolute Gasteiger partial charge is 0.493 e. The first kappa shape index (κ1) is 19.5. The Morgan fingerprint density at radius 2 is 2.07 bits per heavy atom. The molecule has 4 rings (SSSR count). The van der Waals surface area contributed by atoms with E-state index in [1.807, 2.05) is 0 Å². The molecule has 0 atom stereocenters. The van der Waals surface area contributed by atoms with Crippen molar-refractivity contribution in [1.82, 2.24) is 25.2 Å². The summed E-state index contributed by atoms with van der Waals surface area (Å²) in [6.45, 7) is 1.63. The highest BCUT2D eigenvalue weighted by atomic mass is 32.1. The van der Waals surface area contributed by atoms with E-state index < -0.39 is 11.8 Å². The molecule has 0 spiro atoms. The Balaban J connectivity index is 1.81. The predicted octanol–water partition coefficient (Wildman–Crippen LogP) is 3.73. The smallest absolute Gasteiger partial charge is 0.347 e. The molecule has 1 N–H and O–H groups in total. The normalized spacial score (nSPS) is 10.8. The molecule has 9 nitrogen and oxygen atoms in total. The van der Waals surface area contributed by atoms with Crippen LogP contribution in [0, 0.1) is 12.7 Å². The summed E-state index contributed by atoms with van der Waals surface area (Å²) in [6.07, 6.45) is 1.36. The Hall–Kier alpha value is -3.86. The number of carboxylic acids is 1. The van der Waals surface area contributed by atoms with Crippen molar-refractivity contribution in [2.75, 3.05) is 7.11 Å². The number of rotatable bonds is 6. The topological polar surface area (TPSA) is 112 Å². The molecule has 2 heterocycles. The van der Waals surface area contributed by atoms with Crippen LogP contribution in [0.15, 0.2) is 42.7 Å². The van der Waals surface area contributed by atoms with E-state index in [2.05, 4.69) is 20.5 Å². The molecule has 30 heavy (non-hydrogen) atoms. The van der Waals surface area contributed by atoms with Gasteiger partial charge in [-0.1, -0.05) is 6.07 Å². The highest BCUT2D eigenvalue weighted by Gasteiger charge is 2.19. The number of tetrazole rings is 1. The zero-order valence-corrected chi connectivity index (χ0v) is 16.6. The number of halogens is 1. The first-order chi connectivity index (χ1) is 14.5. The highest BCUT2D eigenvalue weighted by molar-refractivity contribution is 7.17. The number of nitrogens with zero attached hydrogens (tertiary/aromatic N) is 5. The van der Waals surface area contributed by atoms with Crippen LogP contribution in [0.1, 0.15) is 15.4 Å². The van der Waals surface area contributed by atoms with Crippen molar-refractivity contribution < 1.29 is 23.8 Å². The second-order valence-electron chi connectivity index (χ2n) is 6.05. The Bertz CT molecular complexity index is 1230. The Kier molecular flexibility index (Phi) is 5.11. The molecule has 0 saturated carbocycles. The van der Waals surface area contributed by atoms with Crippen LogP contribution >= 0.6 is 11.3 Å². The lowest BCUT2D eigenvalue weighted by Gasteiger charge is -2.14. The summed E-state index contributed by atoms with van der Waals surface area (Å²) < 4.78 is 26.7. The number of carboxylic acid groups (broad SMARTS) is 1. The molecular formula is C19H14FN5O4S. The van der Waals surface area contributed by atoms with Crippen molar-refractivity contribution in [2.45, 2.75) is 6.92 Å². The Labute approximate surface area is 173 Å². The number of hydrogen-bond donors (Lipinski definition) is 1. The third-order valence-electron chi connectivity index (χ3n) is 4.16. The van der Waals surface area contributed by atoms with Crippen LogP contribution in [0.25, 0.3) is 16.3 Å². The zero-order valence-electron chi connectivity index (χ0n) is 15.7. The molecule has 0 bridgehead atoms. The van der Waals surface area contributed by atoms with Gasteiger partial charge in [-0.2, -0.15) is 4.68 Å². The van der Waals surface area contributed by atoms with E-state index in [1.54, 1.807) is 31.2 Å². The summed E-state index contributed by atoms with van der Waals surface area (Å²) in [5, 5.41) is 20.9. The van der Waals surface area contributed by atoms with Gasteiger partial charge in [-0.15, -0.1) is 16.4 Å².